The van der Waals surface area contributed by atoms with Gasteiger partial charge in [-0.1, -0.05) is 25.9 Å². The highest BCUT2D eigenvalue weighted by Gasteiger charge is 2.38. The van der Waals surface area contributed by atoms with Crippen LogP contribution in [0, 0.1) is 0 Å². The van der Waals surface area contributed by atoms with Crippen LogP contribution in [0.4, 0.5) is 13.2 Å². The first-order chi connectivity index (χ1) is 8.50. The first kappa shape index (κ1) is 15.9. The van der Waals surface area contributed by atoms with Gasteiger partial charge in [-0.2, -0.15) is 18.2 Å². The van der Waals surface area contributed by atoms with E-state index in [1.54, 1.807) is 0 Å². The van der Waals surface area contributed by atoms with E-state index in [4.69, 9.17) is 9.63 Å². The van der Waals surface area contributed by atoms with Gasteiger partial charge in [-0.3, -0.25) is 4.90 Å². The van der Waals surface area contributed by atoms with E-state index in [2.05, 4.69) is 10.1 Å². The fraction of sp³-hybridized carbons (Fsp3) is 0.818. The molecule has 110 valence electrons. The van der Waals surface area contributed by atoms with Gasteiger partial charge in [0.05, 0.1) is 6.54 Å². The molecule has 1 unspecified atom stereocenters. The maximum atomic E-state index is 12.2. The molecular weight excluding hydrogens is 263 g/mol. The standard InChI is InChI=1S/C11H18F3N3O2/c1-10(2,3)9-15-8(16-19-9)6-17(4)5-7(18)11(12,13)14/h7,18H,5-6H2,1-4H3. The zero-order valence-corrected chi connectivity index (χ0v) is 11.3. The predicted molar refractivity (Wildman–Crippen MR) is 61.4 cm³/mol. The monoisotopic (exact) mass is 281 g/mol. The maximum Gasteiger partial charge on any atom is 0.415 e. The summed E-state index contributed by atoms with van der Waals surface area (Å²) in [6.45, 7) is 5.21. The van der Waals surface area contributed by atoms with Gasteiger partial charge in [0.15, 0.2) is 11.9 Å². The lowest BCUT2D eigenvalue weighted by Gasteiger charge is -2.20. The Morgan fingerprint density at radius 3 is 2.32 bits per heavy atom. The van der Waals surface area contributed by atoms with Gasteiger partial charge in [-0.05, 0) is 7.05 Å². The van der Waals surface area contributed by atoms with E-state index < -0.39 is 18.8 Å². The van der Waals surface area contributed by atoms with Crippen LogP contribution in [0.25, 0.3) is 0 Å². The summed E-state index contributed by atoms with van der Waals surface area (Å²) >= 11 is 0. The van der Waals surface area contributed by atoms with Gasteiger partial charge >= 0.3 is 6.18 Å². The largest absolute Gasteiger partial charge is 0.415 e. The van der Waals surface area contributed by atoms with Gasteiger partial charge < -0.3 is 9.63 Å². The first-order valence-corrected chi connectivity index (χ1v) is 5.76. The van der Waals surface area contributed by atoms with Crippen LogP contribution >= 0.6 is 0 Å². The molecule has 1 rings (SSSR count). The van der Waals surface area contributed by atoms with Crippen molar-refractivity contribution in [2.45, 2.75) is 45.0 Å². The third-order valence-electron chi connectivity index (χ3n) is 2.38. The molecule has 1 atom stereocenters. The minimum atomic E-state index is -4.62. The Bertz CT molecular complexity index is 412. The van der Waals surface area contributed by atoms with E-state index in [0.717, 1.165) is 0 Å². The maximum absolute atomic E-state index is 12.2. The average molecular weight is 281 g/mol. The Kier molecular flexibility index (Phi) is 4.57. The fourth-order valence-electron chi connectivity index (χ4n) is 1.33. The molecule has 5 nitrogen and oxygen atoms in total. The van der Waals surface area contributed by atoms with Gasteiger partial charge in [-0.25, -0.2) is 0 Å². The lowest BCUT2D eigenvalue weighted by Crippen LogP contribution is -2.39. The molecule has 0 amide bonds. The number of hydrogen-bond acceptors (Lipinski definition) is 5. The quantitative estimate of drug-likeness (QED) is 0.910. The highest BCUT2D eigenvalue weighted by Crippen LogP contribution is 2.22. The molecule has 0 aliphatic heterocycles. The molecule has 1 aromatic rings. The molecular formula is C11H18F3N3O2. The summed E-state index contributed by atoms with van der Waals surface area (Å²) in [5, 5.41) is 12.6. The predicted octanol–water partition coefficient (Wildman–Crippen LogP) is 1.72. The molecule has 1 heterocycles. The molecule has 0 radical (unpaired) electrons. The molecule has 0 bridgehead atoms. The van der Waals surface area contributed by atoms with Crippen molar-refractivity contribution < 1.29 is 22.8 Å². The highest BCUT2D eigenvalue weighted by molar-refractivity contribution is 4.98. The van der Waals surface area contributed by atoms with Crippen LogP contribution in [0.1, 0.15) is 32.5 Å². The second kappa shape index (κ2) is 5.46. The van der Waals surface area contributed by atoms with Crippen molar-refractivity contribution in [3.8, 4) is 0 Å². The topological polar surface area (TPSA) is 62.4 Å². The summed E-state index contributed by atoms with van der Waals surface area (Å²) in [5.41, 5.74) is -0.310. The van der Waals surface area contributed by atoms with E-state index >= 15 is 0 Å². The van der Waals surface area contributed by atoms with Gasteiger partial charge in [0, 0.05) is 12.0 Å². The number of alkyl halides is 3. The van der Waals surface area contributed by atoms with Gasteiger partial charge in [0.25, 0.3) is 0 Å². The second-order valence-corrected chi connectivity index (χ2v) is 5.52. The van der Waals surface area contributed by atoms with Crippen LogP contribution in [0.3, 0.4) is 0 Å². The summed E-state index contributed by atoms with van der Waals surface area (Å²) in [4.78, 5) is 5.40. The zero-order valence-electron chi connectivity index (χ0n) is 11.3. The number of aliphatic hydroxyl groups excluding tert-OH is 1. The second-order valence-electron chi connectivity index (χ2n) is 5.52. The normalized spacial score (nSPS) is 15.0. The lowest BCUT2D eigenvalue weighted by atomic mass is 9.97. The van der Waals surface area contributed by atoms with Crippen LogP contribution < -0.4 is 0 Å². The molecule has 8 heteroatoms. The minimum absolute atomic E-state index is 0.0761. The zero-order chi connectivity index (χ0) is 14.8. The molecule has 19 heavy (non-hydrogen) atoms. The van der Waals surface area contributed by atoms with Crippen molar-refractivity contribution in [1.82, 2.24) is 15.0 Å². The third kappa shape index (κ3) is 4.79. The number of likely N-dealkylation sites (N-methyl/N-ethyl adjacent to an activating group) is 1. The third-order valence-corrected chi connectivity index (χ3v) is 2.38. The summed E-state index contributed by atoms with van der Waals surface area (Å²) in [6, 6.07) is 0. The van der Waals surface area contributed by atoms with Crippen molar-refractivity contribution >= 4 is 0 Å². The molecule has 1 N–H and O–H groups in total. The van der Waals surface area contributed by atoms with E-state index in [9.17, 15) is 13.2 Å². The fourth-order valence-corrected chi connectivity index (χ4v) is 1.33. The molecule has 0 aliphatic rings. The van der Waals surface area contributed by atoms with E-state index in [-0.39, 0.29) is 12.0 Å². The minimum Gasteiger partial charge on any atom is -0.382 e. The number of halogens is 3. The Hall–Kier alpha value is -1.15. The average Bonchev–Trinajstić information content (AvgIpc) is 2.63. The van der Waals surface area contributed by atoms with E-state index in [1.165, 1.54) is 11.9 Å². The Labute approximate surface area is 109 Å². The van der Waals surface area contributed by atoms with Crippen LogP contribution in [-0.4, -0.2) is 46.0 Å². The number of nitrogens with zero attached hydrogens (tertiary/aromatic N) is 3. The van der Waals surface area contributed by atoms with Gasteiger partial charge in [0.1, 0.15) is 0 Å². The van der Waals surface area contributed by atoms with Gasteiger partial charge in [-0.15, -0.1) is 0 Å². The van der Waals surface area contributed by atoms with E-state index in [0.29, 0.717) is 11.7 Å². The smallest absolute Gasteiger partial charge is 0.382 e. The lowest BCUT2D eigenvalue weighted by molar-refractivity contribution is -0.207. The number of aliphatic hydroxyl groups is 1. The summed E-state index contributed by atoms with van der Waals surface area (Å²) in [6.07, 6.45) is -7.01. The summed E-state index contributed by atoms with van der Waals surface area (Å²) < 4.78 is 41.6. The summed E-state index contributed by atoms with van der Waals surface area (Å²) in [7, 11) is 1.45. The van der Waals surface area contributed by atoms with Crippen molar-refractivity contribution in [2.24, 2.45) is 0 Å². The molecule has 0 saturated carbocycles. The van der Waals surface area contributed by atoms with Crippen molar-refractivity contribution in [3.63, 3.8) is 0 Å². The number of hydrogen-bond donors (Lipinski definition) is 1. The first-order valence-electron chi connectivity index (χ1n) is 5.76. The Morgan fingerprint density at radius 2 is 1.89 bits per heavy atom. The van der Waals surface area contributed by atoms with Crippen LogP contribution in [0.15, 0.2) is 4.52 Å². The Morgan fingerprint density at radius 1 is 1.32 bits per heavy atom. The van der Waals surface area contributed by atoms with Crippen LogP contribution in [0.5, 0.6) is 0 Å². The van der Waals surface area contributed by atoms with Crippen LogP contribution in [0.2, 0.25) is 0 Å². The number of aromatic nitrogens is 2. The van der Waals surface area contributed by atoms with Crippen molar-refractivity contribution in [3.05, 3.63) is 11.7 Å². The molecule has 0 aromatic carbocycles. The molecule has 1 aromatic heterocycles. The molecule has 0 fully saturated rings. The number of rotatable bonds is 4. The van der Waals surface area contributed by atoms with Crippen LogP contribution in [-0.2, 0) is 12.0 Å². The summed E-state index contributed by atoms with van der Waals surface area (Å²) in [5.74, 6) is 0.717. The Balaban J connectivity index is 2.58. The highest BCUT2D eigenvalue weighted by atomic mass is 19.4. The molecule has 0 aliphatic carbocycles. The molecule has 0 saturated heterocycles. The van der Waals surface area contributed by atoms with E-state index in [1.807, 2.05) is 20.8 Å². The van der Waals surface area contributed by atoms with Crippen molar-refractivity contribution in [1.29, 1.82) is 0 Å². The van der Waals surface area contributed by atoms with Crippen molar-refractivity contribution in [2.75, 3.05) is 13.6 Å². The SMILES string of the molecule is CN(Cc1noc(C(C)(C)C)n1)CC(O)C(F)(F)F. The molecule has 0 spiro atoms. The van der Waals surface area contributed by atoms with Gasteiger partial charge in [0.2, 0.25) is 5.89 Å².